The number of nitrogens with zero attached hydrogens (tertiary/aromatic N) is 3. The topological polar surface area (TPSA) is 102 Å². The van der Waals surface area contributed by atoms with Gasteiger partial charge in [-0.25, -0.2) is 4.68 Å². The lowest BCUT2D eigenvalue weighted by Gasteiger charge is -2.07. The largest absolute Gasteiger partial charge is 0.294 e. The van der Waals surface area contributed by atoms with Gasteiger partial charge < -0.3 is 0 Å². The van der Waals surface area contributed by atoms with Crippen LogP contribution in [0.15, 0.2) is 60.9 Å². The normalized spacial score (nSPS) is 10.3. The highest BCUT2D eigenvalue weighted by atomic mass is 35.5. The van der Waals surface area contributed by atoms with Gasteiger partial charge in [0.25, 0.3) is 11.6 Å². The second kappa shape index (κ2) is 7.02. The van der Waals surface area contributed by atoms with Crippen LogP contribution in [0.1, 0.15) is 10.4 Å². The standard InChI is InChI=1S/C16H12ClN5O3/c17-12-4-3-5-13(8-12)21-10-11(9-18-21)16(23)20-19-14-6-1-2-7-15(14)22(24)25/h1-10,19H,(H,20,23). The van der Waals surface area contributed by atoms with Gasteiger partial charge in [-0.2, -0.15) is 5.10 Å². The highest BCUT2D eigenvalue weighted by Gasteiger charge is 2.14. The van der Waals surface area contributed by atoms with E-state index in [0.29, 0.717) is 10.7 Å². The second-order valence-corrected chi connectivity index (χ2v) is 5.44. The maximum absolute atomic E-state index is 12.2. The number of hydrazine groups is 1. The van der Waals surface area contributed by atoms with Crippen LogP contribution in [0.3, 0.4) is 0 Å². The Bertz CT molecular complexity index is 941. The van der Waals surface area contributed by atoms with Crippen molar-refractivity contribution in [3.05, 3.63) is 81.6 Å². The lowest BCUT2D eigenvalue weighted by Crippen LogP contribution is -2.29. The van der Waals surface area contributed by atoms with Crippen molar-refractivity contribution >= 4 is 28.9 Å². The molecule has 1 heterocycles. The van der Waals surface area contributed by atoms with Crippen molar-refractivity contribution in [3.8, 4) is 5.69 Å². The Morgan fingerprint density at radius 3 is 2.76 bits per heavy atom. The third-order valence-electron chi connectivity index (χ3n) is 3.33. The van der Waals surface area contributed by atoms with Crippen molar-refractivity contribution in [2.45, 2.75) is 0 Å². The monoisotopic (exact) mass is 357 g/mol. The Morgan fingerprint density at radius 1 is 1.20 bits per heavy atom. The summed E-state index contributed by atoms with van der Waals surface area (Å²) in [5, 5.41) is 15.6. The van der Waals surface area contributed by atoms with Crippen molar-refractivity contribution in [2.24, 2.45) is 0 Å². The van der Waals surface area contributed by atoms with Gasteiger partial charge in [0.1, 0.15) is 5.69 Å². The molecule has 0 spiro atoms. The Kier molecular flexibility index (Phi) is 4.62. The van der Waals surface area contributed by atoms with Crippen molar-refractivity contribution in [3.63, 3.8) is 0 Å². The van der Waals surface area contributed by atoms with E-state index in [0.717, 1.165) is 0 Å². The zero-order valence-corrected chi connectivity index (χ0v) is 13.5. The predicted molar refractivity (Wildman–Crippen MR) is 92.8 cm³/mol. The Labute approximate surface area is 147 Å². The number of hydrogen-bond donors (Lipinski definition) is 2. The van der Waals surface area contributed by atoms with Gasteiger partial charge in [-0.05, 0) is 24.3 Å². The van der Waals surface area contributed by atoms with E-state index < -0.39 is 10.8 Å². The summed E-state index contributed by atoms with van der Waals surface area (Å²) in [5.74, 6) is -0.480. The molecule has 0 saturated heterocycles. The molecule has 126 valence electrons. The zero-order valence-electron chi connectivity index (χ0n) is 12.7. The molecular formula is C16H12ClN5O3. The Hall–Kier alpha value is -3.39. The van der Waals surface area contributed by atoms with Gasteiger partial charge in [0, 0.05) is 17.3 Å². The molecule has 0 fully saturated rings. The third-order valence-corrected chi connectivity index (χ3v) is 3.56. The summed E-state index contributed by atoms with van der Waals surface area (Å²) in [7, 11) is 0. The molecule has 1 amide bonds. The number of carbonyl (C=O) groups excluding carboxylic acids is 1. The van der Waals surface area contributed by atoms with Crippen molar-refractivity contribution in [1.29, 1.82) is 0 Å². The number of nitrogens with one attached hydrogen (secondary N) is 2. The highest BCUT2D eigenvalue weighted by molar-refractivity contribution is 6.30. The van der Waals surface area contributed by atoms with Gasteiger partial charge in [-0.15, -0.1) is 0 Å². The van der Waals surface area contributed by atoms with Crippen LogP contribution in [0, 0.1) is 10.1 Å². The number of carbonyl (C=O) groups is 1. The summed E-state index contributed by atoms with van der Waals surface area (Å²) in [4.78, 5) is 22.6. The molecule has 0 atom stereocenters. The zero-order chi connectivity index (χ0) is 17.8. The molecule has 9 heteroatoms. The molecule has 3 aromatic rings. The maximum Gasteiger partial charge on any atom is 0.294 e. The van der Waals surface area contributed by atoms with Crippen molar-refractivity contribution < 1.29 is 9.72 Å². The number of aromatic nitrogens is 2. The first kappa shape index (κ1) is 16.5. The third kappa shape index (κ3) is 3.75. The average molecular weight is 358 g/mol. The number of rotatable bonds is 5. The molecule has 0 aliphatic heterocycles. The van der Waals surface area contributed by atoms with Crippen LogP contribution in [-0.2, 0) is 0 Å². The first-order valence-electron chi connectivity index (χ1n) is 7.15. The number of amides is 1. The summed E-state index contributed by atoms with van der Waals surface area (Å²) in [6, 6.07) is 13.0. The number of anilines is 1. The van der Waals surface area contributed by atoms with Crippen LogP contribution in [0.25, 0.3) is 5.69 Å². The van der Waals surface area contributed by atoms with Gasteiger partial charge in [-0.3, -0.25) is 25.8 Å². The molecule has 8 nitrogen and oxygen atoms in total. The summed E-state index contributed by atoms with van der Waals surface area (Å²) >= 11 is 5.94. The minimum Gasteiger partial charge on any atom is -0.292 e. The summed E-state index contributed by atoms with van der Waals surface area (Å²) in [6.07, 6.45) is 2.92. The fourth-order valence-corrected chi connectivity index (χ4v) is 2.32. The molecule has 0 unspecified atom stereocenters. The SMILES string of the molecule is O=C(NNc1ccccc1[N+](=O)[O-])c1cnn(-c2cccc(Cl)c2)c1. The van der Waals surface area contributed by atoms with E-state index in [4.69, 9.17) is 11.6 Å². The number of para-hydroxylation sites is 2. The van der Waals surface area contributed by atoms with Crippen LogP contribution in [0.5, 0.6) is 0 Å². The van der Waals surface area contributed by atoms with Crippen LogP contribution in [-0.4, -0.2) is 20.6 Å². The lowest BCUT2D eigenvalue weighted by atomic mass is 10.3. The van der Waals surface area contributed by atoms with E-state index in [1.807, 2.05) is 0 Å². The molecule has 0 saturated carbocycles. The summed E-state index contributed by atoms with van der Waals surface area (Å²) < 4.78 is 1.51. The molecule has 0 aliphatic rings. The maximum atomic E-state index is 12.2. The van der Waals surface area contributed by atoms with E-state index in [1.165, 1.54) is 29.2 Å². The van der Waals surface area contributed by atoms with Crippen molar-refractivity contribution in [1.82, 2.24) is 15.2 Å². The molecule has 2 aromatic carbocycles. The molecular weight excluding hydrogens is 346 g/mol. The first-order chi connectivity index (χ1) is 12.0. The molecule has 25 heavy (non-hydrogen) atoms. The summed E-state index contributed by atoms with van der Waals surface area (Å²) in [5.41, 5.74) is 6.00. The molecule has 0 aliphatic carbocycles. The molecule has 3 rings (SSSR count). The molecule has 2 N–H and O–H groups in total. The van der Waals surface area contributed by atoms with E-state index >= 15 is 0 Å². The number of hydrogen-bond acceptors (Lipinski definition) is 5. The first-order valence-corrected chi connectivity index (χ1v) is 7.53. The van der Waals surface area contributed by atoms with E-state index in [2.05, 4.69) is 16.0 Å². The van der Waals surface area contributed by atoms with Gasteiger partial charge in [-0.1, -0.05) is 29.8 Å². The second-order valence-electron chi connectivity index (χ2n) is 5.01. The van der Waals surface area contributed by atoms with Gasteiger partial charge in [0.2, 0.25) is 0 Å². The van der Waals surface area contributed by atoms with Crippen molar-refractivity contribution in [2.75, 3.05) is 5.43 Å². The van der Waals surface area contributed by atoms with Gasteiger partial charge >= 0.3 is 0 Å². The Morgan fingerprint density at radius 2 is 2.00 bits per heavy atom. The smallest absolute Gasteiger partial charge is 0.292 e. The minimum atomic E-state index is -0.536. The van der Waals surface area contributed by atoms with Crippen LogP contribution >= 0.6 is 11.6 Å². The Balaban J connectivity index is 1.72. The van der Waals surface area contributed by atoms with E-state index in [-0.39, 0.29) is 16.9 Å². The number of benzene rings is 2. The summed E-state index contributed by atoms with van der Waals surface area (Å²) in [6.45, 7) is 0. The molecule has 0 bridgehead atoms. The number of halogens is 1. The predicted octanol–water partition coefficient (Wildman–Crippen LogP) is 3.19. The van der Waals surface area contributed by atoms with Gasteiger partial charge in [0.05, 0.1) is 22.4 Å². The van der Waals surface area contributed by atoms with Crippen LogP contribution in [0.4, 0.5) is 11.4 Å². The minimum absolute atomic E-state index is 0.141. The van der Waals surface area contributed by atoms with E-state index in [9.17, 15) is 14.9 Å². The average Bonchev–Trinajstić information content (AvgIpc) is 3.10. The fourth-order valence-electron chi connectivity index (χ4n) is 2.13. The number of nitro benzene ring substituents is 1. The quantitative estimate of drug-likeness (QED) is 0.539. The number of nitro groups is 1. The van der Waals surface area contributed by atoms with E-state index in [1.54, 1.807) is 36.4 Å². The fraction of sp³-hybridized carbons (Fsp3) is 0. The highest BCUT2D eigenvalue weighted by Crippen LogP contribution is 2.22. The van der Waals surface area contributed by atoms with Gasteiger partial charge in [0.15, 0.2) is 0 Å². The molecule has 1 aromatic heterocycles. The van der Waals surface area contributed by atoms with Crippen LogP contribution in [0.2, 0.25) is 5.02 Å². The van der Waals surface area contributed by atoms with Crippen LogP contribution < -0.4 is 10.9 Å². The molecule has 0 radical (unpaired) electrons. The lowest BCUT2D eigenvalue weighted by molar-refractivity contribution is -0.384.